The summed E-state index contributed by atoms with van der Waals surface area (Å²) in [6, 6.07) is 12.3. The van der Waals surface area contributed by atoms with E-state index in [4.69, 9.17) is 0 Å². The summed E-state index contributed by atoms with van der Waals surface area (Å²) in [5.41, 5.74) is 5.87. The lowest BCUT2D eigenvalue weighted by Gasteiger charge is -2.06. The summed E-state index contributed by atoms with van der Waals surface area (Å²) in [7, 11) is 0. The van der Waals surface area contributed by atoms with Gasteiger partial charge in [-0.05, 0) is 37.1 Å². The molecule has 0 aliphatic heterocycles. The minimum absolute atomic E-state index is 0.0300. The monoisotopic (exact) mass is 377 g/mol. The van der Waals surface area contributed by atoms with Gasteiger partial charge in [0.05, 0.1) is 10.6 Å². The molecule has 7 heteroatoms. The number of non-ortho nitro benzene ring substituents is 1. The van der Waals surface area contributed by atoms with Gasteiger partial charge in [0.15, 0.2) is 11.2 Å². The number of fused-ring (bicyclic) bond motifs is 1. The van der Waals surface area contributed by atoms with Crippen LogP contribution in [-0.2, 0) is 0 Å². The first-order chi connectivity index (χ1) is 13.0. The Balaban J connectivity index is 1.91. The number of hydrogen-bond acceptors (Lipinski definition) is 5. The molecule has 27 heavy (non-hydrogen) atoms. The van der Waals surface area contributed by atoms with Gasteiger partial charge < -0.3 is 0 Å². The van der Waals surface area contributed by atoms with Crippen molar-refractivity contribution in [3.05, 3.63) is 74.8 Å². The number of imidazole rings is 1. The van der Waals surface area contributed by atoms with Crippen molar-refractivity contribution in [1.29, 1.82) is 0 Å². The molecule has 0 amide bonds. The van der Waals surface area contributed by atoms with E-state index in [1.54, 1.807) is 12.1 Å². The lowest BCUT2D eigenvalue weighted by atomic mass is 10.0. The smallest absolute Gasteiger partial charge is 0.269 e. The van der Waals surface area contributed by atoms with Crippen LogP contribution in [0.15, 0.2) is 47.8 Å². The molecular formula is C20H15N3O3S. The molecule has 2 aromatic carbocycles. The Morgan fingerprint density at radius 2 is 1.89 bits per heavy atom. The number of hydrogen-bond donors (Lipinski definition) is 0. The molecule has 0 aliphatic rings. The number of benzene rings is 2. The lowest BCUT2D eigenvalue weighted by Crippen LogP contribution is -1.95. The molecule has 0 bridgehead atoms. The molecule has 2 heterocycles. The third-order valence-corrected chi connectivity index (χ3v) is 5.35. The molecule has 0 fully saturated rings. The summed E-state index contributed by atoms with van der Waals surface area (Å²) < 4.78 is 1.81. The topological polar surface area (TPSA) is 77.5 Å². The first-order valence-electron chi connectivity index (χ1n) is 8.27. The molecule has 6 nitrogen and oxygen atoms in total. The molecule has 0 N–H and O–H groups in total. The molecule has 4 aromatic rings. The van der Waals surface area contributed by atoms with Gasteiger partial charge in [-0.2, -0.15) is 0 Å². The second-order valence-corrected chi connectivity index (χ2v) is 7.16. The molecule has 0 aliphatic carbocycles. The average molecular weight is 377 g/mol. The summed E-state index contributed by atoms with van der Waals surface area (Å²) in [5, 5.41) is 12.8. The van der Waals surface area contributed by atoms with Crippen molar-refractivity contribution < 1.29 is 9.72 Å². The minimum atomic E-state index is -0.431. The predicted octanol–water partition coefficient (Wildman–Crippen LogP) is 5.07. The van der Waals surface area contributed by atoms with Crippen molar-refractivity contribution in [1.82, 2.24) is 9.38 Å². The zero-order valence-corrected chi connectivity index (χ0v) is 15.5. The van der Waals surface area contributed by atoms with Crippen molar-refractivity contribution in [3.8, 4) is 22.5 Å². The molecule has 0 radical (unpaired) electrons. The van der Waals surface area contributed by atoms with Gasteiger partial charge in [0.2, 0.25) is 0 Å². The van der Waals surface area contributed by atoms with E-state index in [1.165, 1.54) is 23.5 Å². The van der Waals surface area contributed by atoms with E-state index in [0.717, 1.165) is 34.2 Å². The van der Waals surface area contributed by atoms with Gasteiger partial charge in [-0.3, -0.25) is 19.3 Å². The van der Waals surface area contributed by atoms with Crippen LogP contribution in [0.2, 0.25) is 0 Å². The van der Waals surface area contributed by atoms with Gasteiger partial charge in [-0.15, -0.1) is 11.3 Å². The van der Waals surface area contributed by atoms with Crippen molar-refractivity contribution in [2.24, 2.45) is 0 Å². The summed E-state index contributed by atoms with van der Waals surface area (Å²) in [5.74, 6) is 0. The van der Waals surface area contributed by atoms with Gasteiger partial charge in [0, 0.05) is 23.1 Å². The Hall–Kier alpha value is -3.32. The van der Waals surface area contributed by atoms with Crippen LogP contribution in [-0.4, -0.2) is 20.6 Å². The van der Waals surface area contributed by atoms with Crippen molar-refractivity contribution in [2.45, 2.75) is 13.8 Å². The highest BCUT2D eigenvalue weighted by Crippen LogP contribution is 2.34. The van der Waals surface area contributed by atoms with Crippen molar-refractivity contribution >= 4 is 28.3 Å². The molecule has 0 saturated carbocycles. The number of nitro groups is 1. The van der Waals surface area contributed by atoms with Crippen LogP contribution in [0.5, 0.6) is 0 Å². The highest BCUT2D eigenvalue weighted by molar-refractivity contribution is 7.15. The zero-order valence-electron chi connectivity index (χ0n) is 14.7. The molecule has 4 rings (SSSR count). The molecule has 0 unspecified atom stereocenters. The predicted molar refractivity (Wildman–Crippen MR) is 105 cm³/mol. The quantitative estimate of drug-likeness (QED) is 0.283. The maximum Gasteiger partial charge on any atom is 0.269 e. The molecule has 134 valence electrons. The number of nitro benzene ring substituents is 1. The number of thiazole rings is 1. The summed E-state index contributed by atoms with van der Waals surface area (Å²) >= 11 is 1.43. The van der Waals surface area contributed by atoms with E-state index in [-0.39, 0.29) is 5.69 Å². The van der Waals surface area contributed by atoms with E-state index in [2.05, 4.69) is 11.1 Å². The van der Waals surface area contributed by atoms with Crippen LogP contribution in [0.3, 0.4) is 0 Å². The van der Waals surface area contributed by atoms with E-state index in [0.29, 0.717) is 16.3 Å². The van der Waals surface area contributed by atoms with Crippen LogP contribution in [0, 0.1) is 24.0 Å². The Morgan fingerprint density at radius 1 is 1.15 bits per heavy atom. The Labute approximate surface area is 158 Å². The summed E-state index contributed by atoms with van der Waals surface area (Å²) in [6.07, 6.45) is 0.816. The van der Waals surface area contributed by atoms with Crippen molar-refractivity contribution in [3.63, 3.8) is 0 Å². The second kappa shape index (κ2) is 6.44. The van der Waals surface area contributed by atoms with Crippen LogP contribution in [0.1, 0.15) is 21.6 Å². The van der Waals surface area contributed by atoms with Crippen LogP contribution in [0.25, 0.3) is 27.5 Å². The normalized spacial score (nSPS) is 11.0. The van der Waals surface area contributed by atoms with Gasteiger partial charge in [-0.25, -0.2) is 4.98 Å². The number of rotatable bonds is 4. The number of aldehydes is 1. The fraction of sp³-hybridized carbons (Fsp3) is 0.100. The number of nitrogens with zero attached hydrogens (tertiary/aromatic N) is 3. The number of aryl methyl sites for hydroxylation is 2. The van der Waals surface area contributed by atoms with Crippen LogP contribution >= 0.6 is 11.3 Å². The summed E-state index contributed by atoms with van der Waals surface area (Å²) in [6.45, 7) is 4.03. The molecule has 0 atom stereocenters. The van der Waals surface area contributed by atoms with Crippen molar-refractivity contribution in [2.75, 3.05) is 0 Å². The number of carbonyl (C=O) groups excluding carboxylic acids is 1. The Morgan fingerprint density at radius 3 is 2.52 bits per heavy atom. The van der Waals surface area contributed by atoms with E-state index >= 15 is 0 Å². The highest BCUT2D eigenvalue weighted by atomic mass is 32.1. The molecule has 2 aromatic heterocycles. The summed E-state index contributed by atoms with van der Waals surface area (Å²) in [4.78, 5) is 27.8. The van der Waals surface area contributed by atoms with E-state index in [1.807, 2.05) is 35.8 Å². The Kier molecular flexibility index (Phi) is 4.08. The third-order valence-electron chi connectivity index (χ3n) is 4.52. The van der Waals surface area contributed by atoms with Gasteiger partial charge in [-0.1, -0.05) is 23.8 Å². The standard InChI is InChI=1S/C20H15N3O3S/c1-12-3-8-16(13(2)9-12)19-17(10-24)22-18(11-27-20(22)21-19)14-4-6-15(7-5-14)23(25)26/h3-11H,1-2H3. The number of carbonyl (C=O) groups is 1. The van der Waals surface area contributed by atoms with Crippen LogP contribution < -0.4 is 0 Å². The zero-order chi connectivity index (χ0) is 19.1. The first kappa shape index (κ1) is 17.1. The molecule has 0 spiro atoms. The second-order valence-electron chi connectivity index (χ2n) is 6.32. The largest absolute Gasteiger partial charge is 0.296 e. The Bertz CT molecular complexity index is 1190. The minimum Gasteiger partial charge on any atom is -0.296 e. The third kappa shape index (κ3) is 2.82. The maximum atomic E-state index is 11.9. The lowest BCUT2D eigenvalue weighted by molar-refractivity contribution is -0.384. The molecular weight excluding hydrogens is 362 g/mol. The fourth-order valence-corrected chi connectivity index (χ4v) is 4.13. The van der Waals surface area contributed by atoms with Gasteiger partial charge in [0.25, 0.3) is 5.69 Å². The highest BCUT2D eigenvalue weighted by Gasteiger charge is 2.20. The van der Waals surface area contributed by atoms with Crippen LogP contribution in [0.4, 0.5) is 5.69 Å². The maximum absolute atomic E-state index is 11.9. The van der Waals surface area contributed by atoms with Gasteiger partial charge >= 0.3 is 0 Å². The SMILES string of the molecule is Cc1ccc(-c2nc3scc(-c4ccc([N+](=O)[O-])cc4)n3c2C=O)c(C)c1. The number of aromatic nitrogens is 2. The molecule has 0 saturated heterocycles. The first-order valence-corrected chi connectivity index (χ1v) is 9.15. The fourth-order valence-electron chi connectivity index (χ4n) is 3.22. The van der Waals surface area contributed by atoms with E-state index < -0.39 is 4.92 Å². The van der Waals surface area contributed by atoms with E-state index in [9.17, 15) is 14.9 Å². The average Bonchev–Trinajstić information content (AvgIpc) is 3.20. The van der Waals surface area contributed by atoms with Gasteiger partial charge in [0.1, 0.15) is 11.4 Å².